The first-order valence-electron chi connectivity index (χ1n) is 6.33. The van der Waals surface area contributed by atoms with Gasteiger partial charge in [-0.15, -0.1) is 0 Å². The van der Waals surface area contributed by atoms with Crippen LogP contribution < -0.4 is 5.73 Å². The van der Waals surface area contributed by atoms with E-state index in [0.717, 1.165) is 23.3 Å². The molecule has 0 spiro atoms. The predicted molar refractivity (Wildman–Crippen MR) is 76.3 cm³/mol. The Hall–Kier alpha value is -1.63. The maximum absolute atomic E-state index is 11.7. The Labute approximate surface area is 116 Å². The Morgan fingerprint density at radius 2 is 2.16 bits per heavy atom. The molecule has 0 fully saturated rings. The van der Waals surface area contributed by atoms with Gasteiger partial charge >= 0.3 is 0 Å². The summed E-state index contributed by atoms with van der Waals surface area (Å²) in [5.74, 6) is -0.325. The quantitative estimate of drug-likeness (QED) is 0.836. The van der Waals surface area contributed by atoms with Gasteiger partial charge in [0.15, 0.2) is 10.4 Å². The number of nitrogens with two attached hydrogens (primary N) is 1. The van der Waals surface area contributed by atoms with Gasteiger partial charge in [0.05, 0.1) is 5.69 Å². The molecule has 0 aliphatic heterocycles. The minimum absolute atomic E-state index is 0.0585. The molecule has 0 saturated heterocycles. The summed E-state index contributed by atoms with van der Waals surface area (Å²) >= 11 is 5.35. The molecule has 0 radical (unpaired) electrons. The second-order valence-corrected chi connectivity index (χ2v) is 5.40. The van der Waals surface area contributed by atoms with E-state index in [9.17, 15) is 4.79 Å². The number of fused-ring (bicyclic) bond motifs is 1. The highest BCUT2D eigenvalue weighted by molar-refractivity contribution is 7.71. The monoisotopic (exact) mass is 281 g/mol. The number of hydrogen-bond acceptors (Lipinski definition) is 3. The lowest BCUT2D eigenvalue weighted by atomic mass is 10.0. The van der Waals surface area contributed by atoms with Crippen molar-refractivity contribution in [1.29, 1.82) is 0 Å². The second kappa shape index (κ2) is 4.80. The molecule has 6 nitrogen and oxygen atoms in total. The van der Waals surface area contributed by atoms with Gasteiger partial charge in [0.2, 0.25) is 5.91 Å². The van der Waals surface area contributed by atoms with Crippen molar-refractivity contribution >= 4 is 29.3 Å². The normalized spacial score (nSPS) is 13.3. The van der Waals surface area contributed by atoms with Crippen LogP contribution in [0.3, 0.4) is 0 Å². The number of aryl methyl sites for hydroxylation is 2. The van der Waals surface area contributed by atoms with Crippen LogP contribution in [0.4, 0.5) is 0 Å². The van der Waals surface area contributed by atoms with Gasteiger partial charge in [-0.3, -0.25) is 14.0 Å². The summed E-state index contributed by atoms with van der Waals surface area (Å²) in [6, 6.07) is -0.471. The number of rotatable bonds is 4. The number of aromatic nitrogens is 4. The Kier molecular flexibility index (Phi) is 3.49. The number of hydrogen-bond donors (Lipinski definition) is 2. The minimum atomic E-state index is -0.471. The summed E-state index contributed by atoms with van der Waals surface area (Å²) in [5.41, 5.74) is 8.18. The highest BCUT2D eigenvalue weighted by atomic mass is 32.1. The second-order valence-electron chi connectivity index (χ2n) is 5.01. The lowest BCUT2D eigenvalue weighted by Gasteiger charge is -2.19. The van der Waals surface area contributed by atoms with Crippen molar-refractivity contribution in [2.75, 3.05) is 0 Å². The number of carbonyl (C=O) groups is 1. The molecule has 0 saturated carbocycles. The van der Waals surface area contributed by atoms with Crippen molar-refractivity contribution < 1.29 is 4.79 Å². The van der Waals surface area contributed by atoms with Crippen LogP contribution in [0.25, 0.3) is 11.2 Å². The molecule has 2 heterocycles. The molecule has 0 aromatic carbocycles. The summed E-state index contributed by atoms with van der Waals surface area (Å²) in [6.07, 6.45) is 0.801. The van der Waals surface area contributed by atoms with E-state index in [0.29, 0.717) is 4.77 Å². The molecule has 7 heteroatoms. The third kappa shape index (κ3) is 2.07. The van der Waals surface area contributed by atoms with Gasteiger partial charge in [-0.1, -0.05) is 20.8 Å². The van der Waals surface area contributed by atoms with Gasteiger partial charge in [0.1, 0.15) is 11.6 Å². The number of H-pyrrole nitrogens is 1. The van der Waals surface area contributed by atoms with Crippen molar-refractivity contribution in [1.82, 2.24) is 19.3 Å². The van der Waals surface area contributed by atoms with Crippen LogP contribution in [0, 0.1) is 10.7 Å². The zero-order valence-corrected chi connectivity index (χ0v) is 12.4. The zero-order chi connectivity index (χ0) is 14.3. The fourth-order valence-corrected chi connectivity index (χ4v) is 2.80. The van der Waals surface area contributed by atoms with E-state index < -0.39 is 6.04 Å². The van der Waals surface area contributed by atoms with Gasteiger partial charge < -0.3 is 10.7 Å². The molecular formula is C12H19N5OS. The maximum atomic E-state index is 11.7. The van der Waals surface area contributed by atoms with E-state index in [1.807, 2.05) is 27.8 Å². The third-order valence-corrected chi connectivity index (χ3v) is 3.60. The minimum Gasteiger partial charge on any atom is -0.368 e. The van der Waals surface area contributed by atoms with Crippen molar-refractivity contribution in [3.63, 3.8) is 0 Å². The lowest BCUT2D eigenvalue weighted by molar-refractivity contribution is -0.122. The Balaban J connectivity index is 2.79. The summed E-state index contributed by atoms with van der Waals surface area (Å²) in [6.45, 7) is 5.93. The fraction of sp³-hybridized carbons (Fsp3) is 0.583. The number of primary amides is 1. The van der Waals surface area contributed by atoms with E-state index in [2.05, 4.69) is 10.1 Å². The zero-order valence-electron chi connectivity index (χ0n) is 11.6. The molecule has 0 aliphatic carbocycles. The summed E-state index contributed by atoms with van der Waals surface area (Å²) < 4.78 is 4.04. The largest absolute Gasteiger partial charge is 0.368 e. The van der Waals surface area contributed by atoms with E-state index in [-0.39, 0.29) is 11.8 Å². The summed E-state index contributed by atoms with van der Waals surface area (Å²) in [4.78, 5) is 14.9. The fourth-order valence-electron chi connectivity index (χ4n) is 2.50. The van der Waals surface area contributed by atoms with Gasteiger partial charge in [-0.05, 0) is 24.6 Å². The molecule has 2 aromatic rings. The van der Waals surface area contributed by atoms with Gasteiger partial charge in [0.25, 0.3) is 0 Å². The maximum Gasteiger partial charge on any atom is 0.240 e. The predicted octanol–water partition coefficient (Wildman–Crippen LogP) is 1.68. The standard InChI is InChI=1S/C12H19N5OS/c1-5-7-8-11(16(4)15-7)17(12(19)14-8)9(6(2)3)10(13)18/h6,9H,5H2,1-4H3,(H2,13,18)(H,14,19). The number of nitrogens with one attached hydrogen (secondary N) is 1. The summed E-state index contributed by atoms with van der Waals surface area (Å²) in [7, 11) is 1.85. The highest BCUT2D eigenvalue weighted by Crippen LogP contribution is 2.26. The molecule has 0 bridgehead atoms. The molecule has 1 amide bonds. The number of carbonyl (C=O) groups excluding carboxylic acids is 1. The Bertz CT molecular complexity index is 678. The Morgan fingerprint density at radius 1 is 1.53 bits per heavy atom. The Morgan fingerprint density at radius 3 is 2.63 bits per heavy atom. The van der Waals surface area contributed by atoms with Crippen LogP contribution in [-0.4, -0.2) is 25.2 Å². The smallest absolute Gasteiger partial charge is 0.240 e. The van der Waals surface area contributed by atoms with Crippen LogP contribution in [0.1, 0.15) is 32.5 Å². The van der Waals surface area contributed by atoms with E-state index in [1.54, 1.807) is 9.25 Å². The first kappa shape index (κ1) is 13.8. The van der Waals surface area contributed by atoms with Gasteiger partial charge in [0, 0.05) is 7.05 Å². The number of nitrogens with zero attached hydrogens (tertiary/aromatic N) is 3. The molecule has 1 atom stereocenters. The topological polar surface area (TPSA) is 81.6 Å². The molecule has 104 valence electrons. The number of aromatic amines is 1. The molecule has 2 rings (SSSR count). The molecule has 19 heavy (non-hydrogen) atoms. The molecular weight excluding hydrogens is 262 g/mol. The van der Waals surface area contributed by atoms with Crippen molar-refractivity contribution in [3.05, 3.63) is 10.5 Å². The first-order chi connectivity index (χ1) is 8.88. The molecule has 0 aliphatic rings. The van der Waals surface area contributed by atoms with E-state index in [1.165, 1.54) is 0 Å². The lowest BCUT2D eigenvalue weighted by Crippen LogP contribution is -2.31. The van der Waals surface area contributed by atoms with Crippen molar-refractivity contribution in [2.45, 2.75) is 33.2 Å². The van der Waals surface area contributed by atoms with Crippen LogP contribution >= 0.6 is 12.2 Å². The van der Waals surface area contributed by atoms with Crippen LogP contribution in [-0.2, 0) is 18.3 Å². The van der Waals surface area contributed by atoms with Crippen LogP contribution in [0.15, 0.2) is 0 Å². The van der Waals surface area contributed by atoms with Crippen molar-refractivity contribution in [3.8, 4) is 0 Å². The summed E-state index contributed by atoms with van der Waals surface area (Å²) in [5, 5.41) is 4.44. The SMILES string of the molecule is CCc1nn(C)c2c1[nH]c(=S)n2C(C(N)=O)C(C)C. The third-order valence-electron chi connectivity index (χ3n) is 3.30. The van der Waals surface area contributed by atoms with E-state index >= 15 is 0 Å². The average molecular weight is 281 g/mol. The first-order valence-corrected chi connectivity index (χ1v) is 6.74. The highest BCUT2D eigenvalue weighted by Gasteiger charge is 2.26. The van der Waals surface area contributed by atoms with Crippen LogP contribution in [0.2, 0.25) is 0 Å². The van der Waals surface area contributed by atoms with Gasteiger partial charge in [-0.25, -0.2) is 0 Å². The number of imidazole rings is 1. The van der Waals surface area contributed by atoms with Crippen LogP contribution in [0.5, 0.6) is 0 Å². The molecule has 3 N–H and O–H groups in total. The molecule has 2 aromatic heterocycles. The van der Waals surface area contributed by atoms with E-state index in [4.69, 9.17) is 18.0 Å². The molecule has 1 unspecified atom stereocenters. The average Bonchev–Trinajstić information content (AvgIpc) is 2.78. The number of amides is 1. The van der Waals surface area contributed by atoms with Crippen molar-refractivity contribution in [2.24, 2.45) is 18.7 Å². The van der Waals surface area contributed by atoms with Gasteiger partial charge in [-0.2, -0.15) is 5.10 Å².